The molecule has 0 aliphatic rings. The SMILES string of the molecule is C=CC[C@H](C)OC(=O)c1c(Br)cc(OC)cc1OC. The number of ether oxygens (including phenoxy) is 3. The molecule has 0 saturated heterocycles. The third-order valence-corrected chi connectivity index (χ3v) is 3.12. The van der Waals surface area contributed by atoms with Gasteiger partial charge in [-0.05, 0) is 28.9 Å². The van der Waals surface area contributed by atoms with Crippen LogP contribution in [0.25, 0.3) is 0 Å². The molecule has 104 valence electrons. The molecule has 0 aromatic heterocycles. The summed E-state index contributed by atoms with van der Waals surface area (Å²) in [5, 5.41) is 0. The number of carbonyl (C=O) groups excluding carboxylic acids is 1. The van der Waals surface area contributed by atoms with Crippen LogP contribution in [0.4, 0.5) is 0 Å². The van der Waals surface area contributed by atoms with Crippen molar-refractivity contribution in [3.63, 3.8) is 0 Å². The Balaban J connectivity index is 3.04. The van der Waals surface area contributed by atoms with Gasteiger partial charge in [-0.2, -0.15) is 0 Å². The van der Waals surface area contributed by atoms with E-state index in [1.54, 1.807) is 25.3 Å². The summed E-state index contributed by atoms with van der Waals surface area (Å²) >= 11 is 3.33. The normalized spacial score (nSPS) is 11.6. The van der Waals surface area contributed by atoms with Gasteiger partial charge < -0.3 is 14.2 Å². The fourth-order valence-electron chi connectivity index (χ4n) is 1.56. The zero-order valence-electron chi connectivity index (χ0n) is 11.2. The van der Waals surface area contributed by atoms with E-state index in [4.69, 9.17) is 14.2 Å². The van der Waals surface area contributed by atoms with Gasteiger partial charge in [0.15, 0.2) is 0 Å². The van der Waals surface area contributed by atoms with E-state index in [2.05, 4.69) is 22.5 Å². The molecule has 0 bridgehead atoms. The maximum Gasteiger partial charge on any atom is 0.343 e. The number of benzene rings is 1. The first-order chi connectivity index (χ1) is 9.03. The highest BCUT2D eigenvalue weighted by atomic mass is 79.9. The fraction of sp³-hybridized carbons (Fsp3) is 0.357. The van der Waals surface area contributed by atoms with Crippen LogP contribution in [0.2, 0.25) is 0 Å². The fourth-order valence-corrected chi connectivity index (χ4v) is 2.14. The van der Waals surface area contributed by atoms with Crippen LogP contribution in [0.3, 0.4) is 0 Å². The van der Waals surface area contributed by atoms with Gasteiger partial charge in [-0.3, -0.25) is 0 Å². The molecule has 0 radical (unpaired) electrons. The highest BCUT2D eigenvalue weighted by Gasteiger charge is 2.21. The molecule has 0 N–H and O–H groups in total. The van der Waals surface area contributed by atoms with Crippen molar-refractivity contribution in [3.05, 3.63) is 34.8 Å². The Kier molecular flexibility index (Phi) is 5.89. The molecule has 4 nitrogen and oxygen atoms in total. The number of esters is 1. The smallest absolute Gasteiger partial charge is 0.343 e. The van der Waals surface area contributed by atoms with E-state index >= 15 is 0 Å². The second kappa shape index (κ2) is 7.19. The summed E-state index contributed by atoms with van der Waals surface area (Å²) in [5.74, 6) is 0.558. The summed E-state index contributed by atoms with van der Waals surface area (Å²) < 4.78 is 16.2. The van der Waals surface area contributed by atoms with Gasteiger partial charge in [-0.25, -0.2) is 4.79 Å². The minimum atomic E-state index is -0.444. The van der Waals surface area contributed by atoms with Gasteiger partial charge in [0, 0.05) is 17.0 Å². The Labute approximate surface area is 121 Å². The molecule has 0 aliphatic heterocycles. The van der Waals surface area contributed by atoms with Gasteiger partial charge in [0.25, 0.3) is 0 Å². The first kappa shape index (κ1) is 15.6. The van der Waals surface area contributed by atoms with Gasteiger partial charge >= 0.3 is 5.97 Å². The Hall–Kier alpha value is -1.49. The zero-order valence-corrected chi connectivity index (χ0v) is 12.8. The van der Waals surface area contributed by atoms with Gasteiger partial charge in [0.05, 0.1) is 14.2 Å². The van der Waals surface area contributed by atoms with Gasteiger partial charge in [0.2, 0.25) is 0 Å². The quantitative estimate of drug-likeness (QED) is 0.591. The predicted molar refractivity (Wildman–Crippen MR) is 76.9 cm³/mol. The Morgan fingerprint density at radius 3 is 2.63 bits per heavy atom. The monoisotopic (exact) mass is 328 g/mol. The minimum absolute atomic E-state index is 0.233. The molecule has 0 unspecified atom stereocenters. The average molecular weight is 329 g/mol. The van der Waals surface area contributed by atoms with Crippen molar-refractivity contribution in [1.82, 2.24) is 0 Å². The molecule has 0 amide bonds. The number of methoxy groups -OCH3 is 2. The van der Waals surface area contributed by atoms with Crippen molar-refractivity contribution in [2.45, 2.75) is 19.4 Å². The van der Waals surface area contributed by atoms with Crippen molar-refractivity contribution < 1.29 is 19.0 Å². The molecular formula is C14H17BrO4. The average Bonchev–Trinajstić information content (AvgIpc) is 2.37. The lowest BCUT2D eigenvalue weighted by molar-refractivity contribution is 0.0343. The molecule has 0 saturated carbocycles. The number of hydrogen-bond donors (Lipinski definition) is 0. The molecule has 1 aromatic rings. The van der Waals surface area contributed by atoms with E-state index in [1.165, 1.54) is 7.11 Å². The molecule has 5 heteroatoms. The number of rotatable bonds is 6. The second-order valence-corrected chi connectivity index (χ2v) is 4.78. The Bertz CT molecular complexity index is 471. The van der Waals surface area contributed by atoms with E-state index in [9.17, 15) is 4.79 Å². The van der Waals surface area contributed by atoms with Crippen molar-refractivity contribution in [2.24, 2.45) is 0 Å². The first-order valence-electron chi connectivity index (χ1n) is 5.76. The first-order valence-corrected chi connectivity index (χ1v) is 6.56. The number of hydrogen-bond acceptors (Lipinski definition) is 4. The van der Waals surface area contributed by atoms with Crippen LogP contribution in [0.15, 0.2) is 29.3 Å². The molecule has 19 heavy (non-hydrogen) atoms. The lowest BCUT2D eigenvalue weighted by Crippen LogP contribution is -2.15. The van der Waals surface area contributed by atoms with Crippen molar-refractivity contribution in [1.29, 1.82) is 0 Å². The van der Waals surface area contributed by atoms with Crippen molar-refractivity contribution in [3.8, 4) is 11.5 Å². The van der Waals surface area contributed by atoms with Crippen LogP contribution in [0.1, 0.15) is 23.7 Å². The summed E-state index contributed by atoms with van der Waals surface area (Å²) in [6, 6.07) is 3.33. The van der Waals surface area contributed by atoms with E-state index in [1.807, 2.05) is 6.92 Å². The number of carbonyl (C=O) groups is 1. The van der Waals surface area contributed by atoms with Crippen LogP contribution >= 0.6 is 15.9 Å². The summed E-state index contributed by atoms with van der Waals surface area (Å²) in [6.07, 6.45) is 2.07. The zero-order chi connectivity index (χ0) is 14.4. The van der Waals surface area contributed by atoms with Crippen LogP contribution in [0, 0.1) is 0 Å². The highest BCUT2D eigenvalue weighted by molar-refractivity contribution is 9.10. The molecule has 0 spiro atoms. The molecule has 1 rings (SSSR count). The third-order valence-electron chi connectivity index (χ3n) is 2.49. The van der Waals surface area contributed by atoms with Crippen molar-refractivity contribution in [2.75, 3.05) is 14.2 Å². The van der Waals surface area contributed by atoms with Crippen LogP contribution in [0.5, 0.6) is 11.5 Å². The molecule has 0 fully saturated rings. The molecule has 0 aliphatic carbocycles. The summed E-state index contributed by atoms with van der Waals surface area (Å²) in [5.41, 5.74) is 0.346. The van der Waals surface area contributed by atoms with Gasteiger partial charge in [-0.15, -0.1) is 6.58 Å². The van der Waals surface area contributed by atoms with E-state index in [0.29, 0.717) is 28.0 Å². The maximum absolute atomic E-state index is 12.1. The van der Waals surface area contributed by atoms with Gasteiger partial charge in [0.1, 0.15) is 23.2 Å². The van der Waals surface area contributed by atoms with Crippen LogP contribution in [-0.2, 0) is 4.74 Å². The standard InChI is InChI=1S/C14H17BrO4/c1-5-6-9(2)19-14(16)13-11(15)7-10(17-3)8-12(13)18-4/h5,7-9H,1,6H2,2-4H3/t9-/m0/s1. The van der Waals surface area contributed by atoms with Crippen LogP contribution in [-0.4, -0.2) is 26.3 Å². The number of halogens is 1. The van der Waals surface area contributed by atoms with E-state index < -0.39 is 5.97 Å². The lowest BCUT2D eigenvalue weighted by atomic mass is 10.2. The summed E-state index contributed by atoms with van der Waals surface area (Å²) in [7, 11) is 3.04. The van der Waals surface area contributed by atoms with E-state index in [-0.39, 0.29) is 6.10 Å². The predicted octanol–water partition coefficient (Wildman–Crippen LogP) is 3.59. The van der Waals surface area contributed by atoms with Gasteiger partial charge in [-0.1, -0.05) is 6.08 Å². The maximum atomic E-state index is 12.1. The Morgan fingerprint density at radius 2 is 2.11 bits per heavy atom. The van der Waals surface area contributed by atoms with Crippen molar-refractivity contribution >= 4 is 21.9 Å². The topological polar surface area (TPSA) is 44.8 Å². The lowest BCUT2D eigenvalue weighted by Gasteiger charge is -2.15. The van der Waals surface area contributed by atoms with Crippen LogP contribution < -0.4 is 9.47 Å². The molecule has 1 atom stereocenters. The summed E-state index contributed by atoms with van der Waals surface area (Å²) in [6.45, 7) is 5.42. The molecule has 0 heterocycles. The largest absolute Gasteiger partial charge is 0.497 e. The highest BCUT2D eigenvalue weighted by Crippen LogP contribution is 2.33. The third kappa shape index (κ3) is 3.99. The van der Waals surface area contributed by atoms with E-state index in [0.717, 1.165) is 0 Å². The Morgan fingerprint density at radius 1 is 1.42 bits per heavy atom. The minimum Gasteiger partial charge on any atom is -0.497 e. The molecular weight excluding hydrogens is 312 g/mol. The molecule has 1 aromatic carbocycles. The second-order valence-electron chi connectivity index (χ2n) is 3.93. The summed E-state index contributed by atoms with van der Waals surface area (Å²) in [4.78, 5) is 12.1.